The molecule has 10 nitrogen and oxygen atoms in total. The van der Waals surface area contributed by atoms with E-state index < -0.39 is 23.3 Å². The van der Waals surface area contributed by atoms with Crippen LogP contribution in [-0.2, 0) is 11.3 Å². The SMILES string of the molecule is N#CC1C(=O)Nc2nc(NCc3ccc4c(c3)OCCCO4)[nH]c(=O)c2C1c1cccnc1. The molecule has 0 bridgehead atoms. The number of nitrogens with zero attached hydrogens (tertiary/aromatic N) is 3. The molecule has 2 aliphatic rings. The van der Waals surface area contributed by atoms with Crippen LogP contribution in [0.2, 0.25) is 0 Å². The standard InChI is InChI=1S/C23H20N6O4/c24-10-15-18(14-3-1-6-25-12-14)19-20(27-21(15)30)28-23(29-22(19)31)26-11-13-4-5-16-17(9-13)33-8-2-7-32-16/h1,3-6,9,12,15,18H,2,7-8,11H2,(H3,26,27,28,29,30,31). The Morgan fingerprint density at radius 3 is 2.82 bits per heavy atom. The van der Waals surface area contributed by atoms with Crippen LogP contribution in [0.3, 0.4) is 0 Å². The van der Waals surface area contributed by atoms with Gasteiger partial charge in [0.15, 0.2) is 11.5 Å². The second kappa shape index (κ2) is 8.63. The number of carbonyl (C=O) groups excluding carboxylic acids is 1. The first-order chi connectivity index (χ1) is 16.1. The molecule has 4 heterocycles. The van der Waals surface area contributed by atoms with Gasteiger partial charge in [0.05, 0.1) is 24.8 Å². The lowest BCUT2D eigenvalue weighted by atomic mass is 9.80. The van der Waals surface area contributed by atoms with E-state index in [2.05, 4.69) is 25.6 Å². The first-order valence-corrected chi connectivity index (χ1v) is 10.5. The van der Waals surface area contributed by atoms with E-state index in [9.17, 15) is 14.9 Å². The number of aromatic nitrogens is 3. The first-order valence-electron chi connectivity index (χ1n) is 10.5. The quantitative estimate of drug-likeness (QED) is 0.556. The third-order valence-corrected chi connectivity index (χ3v) is 5.58. The van der Waals surface area contributed by atoms with Gasteiger partial charge in [0.1, 0.15) is 11.7 Å². The van der Waals surface area contributed by atoms with Crippen molar-refractivity contribution in [1.82, 2.24) is 15.0 Å². The molecule has 2 atom stereocenters. The predicted molar refractivity (Wildman–Crippen MR) is 118 cm³/mol. The predicted octanol–water partition coefficient (Wildman–Crippen LogP) is 2.16. The average molecular weight is 444 g/mol. The number of hydrogen-bond donors (Lipinski definition) is 3. The van der Waals surface area contributed by atoms with Crippen LogP contribution in [0.15, 0.2) is 47.5 Å². The smallest absolute Gasteiger partial charge is 0.258 e. The Morgan fingerprint density at radius 2 is 2.03 bits per heavy atom. The van der Waals surface area contributed by atoms with Crippen LogP contribution in [0.25, 0.3) is 0 Å². The lowest BCUT2D eigenvalue weighted by Crippen LogP contribution is -2.38. The maximum Gasteiger partial charge on any atom is 0.258 e. The lowest BCUT2D eigenvalue weighted by molar-refractivity contribution is -0.119. The number of rotatable bonds is 4. The van der Waals surface area contributed by atoms with Crippen LogP contribution in [0.4, 0.5) is 11.8 Å². The van der Waals surface area contributed by atoms with Gasteiger partial charge in [0.2, 0.25) is 11.9 Å². The molecule has 33 heavy (non-hydrogen) atoms. The van der Waals surface area contributed by atoms with Crippen molar-refractivity contribution in [3.8, 4) is 17.6 Å². The van der Waals surface area contributed by atoms with E-state index in [1.165, 1.54) is 0 Å². The molecule has 0 fully saturated rings. The van der Waals surface area contributed by atoms with Crippen LogP contribution in [-0.4, -0.2) is 34.1 Å². The molecule has 3 N–H and O–H groups in total. The topological polar surface area (TPSA) is 142 Å². The van der Waals surface area contributed by atoms with Gasteiger partial charge >= 0.3 is 0 Å². The summed E-state index contributed by atoms with van der Waals surface area (Å²) >= 11 is 0. The van der Waals surface area contributed by atoms with Crippen molar-refractivity contribution < 1.29 is 14.3 Å². The van der Waals surface area contributed by atoms with E-state index in [1.807, 2.05) is 24.3 Å². The third kappa shape index (κ3) is 3.96. The molecule has 5 rings (SSSR count). The largest absolute Gasteiger partial charge is 0.490 e. The third-order valence-electron chi connectivity index (χ3n) is 5.58. The van der Waals surface area contributed by atoms with Crippen molar-refractivity contribution in [2.24, 2.45) is 5.92 Å². The highest BCUT2D eigenvalue weighted by Gasteiger charge is 2.40. The van der Waals surface area contributed by atoms with Crippen LogP contribution < -0.4 is 25.7 Å². The Bertz CT molecular complexity index is 1300. The van der Waals surface area contributed by atoms with Gasteiger partial charge in [0.25, 0.3) is 5.56 Å². The first kappa shape index (κ1) is 20.5. The van der Waals surface area contributed by atoms with Gasteiger partial charge in [-0.15, -0.1) is 0 Å². The Balaban J connectivity index is 1.43. The number of benzene rings is 1. The highest BCUT2D eigenvalue weighted by atomic mass is 16.5. The average Bonchev–Trinajstić information content (AvgIpc) is 3.07. The zero-order valence-corrected chi connectivity index (χ0v) is 17.5. The fraction of sp³-hybridized carbons (Fsp3) is 0.261. The van der Waals surface area contributed by atoms with Gasteiger partial charge in [-0.1, -0.05) is 12.1 Å². The van der Waals surface area contributed by atoms with E-state index in [-0.39, 0.29) is 17.3 Å². The molecule has 3 aromatic rings. The molecule has 0 spiro atoms. The Labute approximate surface area is 188 Å². The molecule has 0 saturated carbocycles. The monoisotopic (exact) mass is 444 g/mol. The van der Waals surface area contributed by atoms with Gasteiger partial charge in [0, 0.05) is 31.3 Å². The molecule has 0 radical (unpaired) electrons. The minimum Gasteiger partial charge on any atom is -0.490 e. The zero-order chi connectivity index (χ0) is 22.8. The summed E-state index contributed by atoms with van der Waals surface area (Å²) in [6, 6.07) is 11.1. The highest BCUT2D eigenvalue weighted by Crippen LogP contribution is 2.37. The Hall–Kier alpha value is -4.39. The number of hydrogen-bond acceptors (Lipinski definition) is 8. The Kier molecular flexibility index (Phi) is 5.36. The van der Waals surface area contributed by atoms with Crippen molar-refractivity contribution in [2.45, 2.75) is 18.9 Å². The molecular formula is C23H20N6O4. The summed E-state index contributed by atoms with van der Waals surface area (Å²) in [6.45, 7) is 1.56. The number of carbonyl (C=O) groups is 1. The fourth-order valence-corrected chi connectivity index (χ4v) is 4.02. The summed E-state index contributed by atoms with van der Waals surface area (Å²) in [7, 11) is 0. The van der Waals surface area contributed by atoms with E-state index in [0.29, 0.717) is 36.8 Å². The summed E-state index contributed by atoms with van der Waals surface area (Å²) in [6.07, 6.45) is 3.96. The zero-order valence-electron chi connectivity index (χ0n) is 17.5. The van der Waals surface area contributed by atoms with Crippen molar-refractivity contribution >= 4 is 17.7 Å². The molecule has 2 aromatic heterocycles. The van der Waals surface area contributed by atoms with Crippen LogP contribution in [0.1, 0.15) is 29.0 Å². The number of H-pyrrole nitrogens is 1. The summed E-state index contributed by atoms with van der Waals surface area (Å²) in [4.78, 5) is 36.8. The number of nitrogens with one attached hydrogen (secondary N) is 3. The van der Waals surface area contributed by atoms with E-state index >= 15 is 0 Å². The molecule has 0 aliphatic carbocycles. The second-order valence-corrected chi connectivity index (χ2v) is 7.72. The van der Waals surface area contributed by atoms with Crippen LogP contribution >= 0.6 is 0 Å². The molecule has 0 saturated heterocycles. The van der Waals surface area contributed by atoms with Gasteiger partial charge < -0.3 is 20.1 Å². The summed E-state index contributed by atoms with van der Waals surface area (Å²) < 4.78 is 11.4. The molecule has 1 amide bonds. The number of aromatic amines is 1. The van der Waals surface area contributed by atoms with Gasteiger partial charge in [-0.25, -0.2) is 0 Å². The fourth-order valence-electron chi connectivity index (χ4n) is 4.02. The normalized spacial score (nSPS) is 18.9. The summed E-state index contributed by atoms with van der Waals surface area (Å²) in [5, 5.41) is 15.3. The molecule has 166 valence electrons. The number of anilines is 2. The number of fused-ring (bicyclic) bond motifs is 2. The molecule has 2 unspecified atom stereocenters. The maximum atomic E-state index is 13.0. The number of amides is 1. The highest BCUT2D eigenvalue weighted by molar-refractivity contribution is 5.97. The van der Waals surface area contributed by atoms with Gasteiger partial charge in [-0.3, -0.25) is 19.6 Å². The summed E-state index contributed by atoms with van der Waals surface area (Å²) in [5.41, 5.74) is 1.30. The summed E-state index contributed by atoms with van der Waals surface area (Å²) in [5.74, 6) is -0.632. The van der Waals surface area contributed by atoms with Crippen molar-refractivity contribution in [2.75, 3.05) is 23.8 Å². The van der Waals surface area contributed by atoms with E-state index in [1.54, 1.807) is 24.5 Å². The van der Waals surface area contributed by atoms with Crippen molar-refractivity contribution in [1.29, 1.82) is 5.26 Å². The van der Waals surface area contributed by atoms with Crippen molar-refractivity contribution in [3.05, 3.63) is 69.8 Å². The number of pyridine rings is 1. The molecule has 10 heteroatoms. The second-order valence-electron chi connectivity index (χ2n) is 7.72. The van der Waals surface area contributed by atoms with Crippen LogP contribution in [0, 0.1) is 17.2 Å². The minimum absolute atomic E-state index is 0.130. The van der Waals surface area contributed by atoms with E-state index in [4.69, 9.17) is 9.47 Å². The van der Waals surface area contributed by atoms with E-state index in [0.717, 1.165) is 12.0 Å². The maximum absolute atomic E-state index is 13.0. The minimum atomic E-state index is -1.06. The van der Waals surface area contributed by atoms with Crippen molar-refractivity contribution in [3.63, 3.8) is 0 Å². The molecule has 2 aliphatic heterocycles. The van der Waals surface area contributed by atoms with Gasteiger partial charge in [-0.05, 0) is 29.3 Å². The number of nitriles is 1. The molecule has 1 aromatic carbocycles. The molecular weight excluding hydrogens is 424 g/mol. The lowest BCUT2D eigenvalue weighted by Gasteiger charge is -2.28. The Morgan fingerprint density at radius 1 is 1.18 bits per heavy atom. The number of ether oxygens (including phenoxy) is 2. The van der Waals surface area contributed by atoms with Crippen LogP contribution in [0.5, 0.6) is 11.5 Å². The van der Waals surface area contributed by atoms with Gasteiger partial charge in [-0.2, -0.15) is 10.2 Å².